The standard InChI is InChI=1S/C19H30N4O2/c1-2-17-5-3-4-7-23(17)18-13-16(14-20-15-18)19(24)21-6-8-22-9-11-25-12-10-22/h13-15,17H,2-12H2,1H3,(H,21,24). The molecule has 0 spiro atoms. The van der Waals surface area contributed by atoms with E-state index >= 15 is 0 Å². The van der Waals surface area contributed by atoms with E-state index in [2.05, 4.69) is 27.0 Å². The number of ether oxygens (including phenoxy) is 1. The number of carbonyl (C=O) groups is 1. The minimum atomic E-state index is -0.0346. The zero-order valence-electron chi connectivity index (χ0n) is 15.2. The number of amides is 1. The van der Waals surface area contributed by atoms with Crippen LogP contribution in [0.5, 0.6) is 0 Å². The lowest BCUT2D eigenvalue weighted by Gasteiger charge is -2.37. The van der Waals surface area contributed by atoms with Gasteiger partial charge in [0, 0.05) is 45.0 Å². The molecule has 0 aromatic carbocycles. The summed E-state index contributed by atoms with van der Waals surface area (Å²) in [5.41, 5.74) is 1.73. The highest BCUT2D eigenvalue weighted by atomic mass is 16.5. The molecule has 3 rings (SSSR count). The van der Waals surface area contributed by atoms with E-state index in [9.17, 15) is 4.79 Å². The molecule has 0 bridgehead atoms. The highest BCUT2D eigenvalue weighted by molar-refractivity contribution is 5.94. The molecule has 6 nitrogen and oxygen atoms in total. The first kappa shape index (κ1) is 18.1. The highest BCUT2D eigenvalue weighted by Gasteiger charge is 2.22. The van der Waals surface area contributed by atoms with Crippen molar-refractivity contribution in [1.29, 1.82) is 0 Å². The minimum Gasteiger partial charge on any atom is -0.379 e. The van der Waals surface area contributed by atoms with Gasteiger partial charge in [0.05, 0.1) is 30.7 Å². The van der Waals surface area contributed by atoms with Gasteiger partial charge in [-0.25, -0.2) is 0 Å². The van der Waals surface area contributed by atoms with Crippen LogP contribution in [0.15, 0.2) is 18.5 Å². The number of morpholine rings is 1. The van der Waals surface area contributed by atoms with E-state index in [4.69, 9.17) is 4.74 Å². The van der Waals surface area contributed by atoms with E-state index in [1.807, 2.05) is 12.3 Å². The Morgan fingerprint density at radius 2 is 2.12 bits per heavy atom. The summed E-state index contributed by atoms with van der Waals surface area (Å²) in [5, 5.41) is 3.02. The second kappa shape index (κ2) is 9.15. The van der Waals surface area contributed by atoms with Crippen LogP contribution >= 0.6 is 0 Å². The van der Waals surface area contributed by atoms with Crippen molar-refractivity contribution in [3.05, 3.63) is 24.0 Å². The van der Waals surface area contributed by atoms with Crippen LogP contribution in [0, 0.1) is 0 Å². The lowest BCUT2D eigenvalue weighted by molar-refractivity contribution is 0.0383. The van der Waals surface area contributed by atoms with Crippen molar-refractivity contribution in [3.63, 3.8) is 0 Å². The number of pyridine rings is 1. The van der Waals surface area contributed by atoms with Gasteiger partial charge in [-0.15, -0.1) is 0 Å². The highest BCUT2D eigenvalue weighted by Crippen LogP contribution is 2.26. The number of anilines is 1. The Morgan fingerprint density at radius 1 is 1.28 bits per heavy atom. The Hall–Kier alpha value is -1.66. The van der Waals surface area contributed by atoms with Crippen molar-refractivity contribution in [2.45, 2.75) is 38.6 Å². The van der Waals surface area contributed by atoms with Gasteiger partial charge in [0.1, 0.15) is 0 Å². The Morgan fingerprint density at radius 3 is 2.92 bits per heavy atom. The Bertz CT molecular complexity index is 560. The fourth-order valence-electron chi connectivity index (χ4n) is 3.73. The molecule has 2 aliphatic rings. The van der Waals surface area contributed by atoms with Gasteiger partial charge >= 0.3 is 0 Å². The van der Waals surface area contributed by atoms with Crippen LogP contribution in [-0.4, -0.2) is 67.8 Å². The molecule has 0 saturated carbocycles. The largest absolute Gasteiger partial charge is 0.379 e. The lowest BCUT2D eigenvalue weighted by atomic mass is 9.99. The number of hydrogen-bond donors (Lipinski definition) is 1. The predicted molar refractivity (Wildman–Crippen MR) is 99.1 cm³/mol. The van der Waals surface area contributed by atoms with Gasteiger partial charge in [0.15, 0.2) is 0 Å². The third-order valence-electron chi connectivity index (χ3n) is 5.23. The van der Waals surface area contributed by atoms with Gasteiger partial charge in [0.25, 0.3) is 5.91 Å². The first-order valence-corrected chi connectivity index (χ1v) is 9.58. The zero-order valence-corrected chi connectivity index (χ0v) is 15.2. The van der Waals surface area contributed by atoms with Crippen LogP contribution in [0.25, 0.3) is 0 Å². The molecular formula is C19H30N4O2. The number of rotatable bonds is 6. The molecule has 1 amide bonds. The summed E-state index contributed by atoms with van der Waals surface area (Å²) in [6, 6.07) is 2.56. The molecule has 2 saturated heterocycles. The van der Waals surface area contributed by atoms with Crippen molar-refractivity contribution >= 4 is 11.6 Å². The smallest absolute Gasteiger partial charge is 0.252 e. The van der Waals surface area contributed by atoms with E-state index < -0.39 is 0 Å². The number of hydrogen-bond acceptors (Lipinski definition) is 5. The molecule has 3 heterocycles. The van der Waals surface area contributed by atoms with Gasteiger partial charge in [-0.3, -0.25) is 14.7 Å². The van der Waals surface area contributed by atoms with Crippen molar-refractivity contribution in [3.8, 4) is 0 Å². The maximum atomic E-state index is 12.5. The molecule has 1 aromatic heterocycles. The molecule has 1 aromatic rings. The average Bonchev–Trinajstić information content (AvgIpc) is 2.69. The van der Waals surface area contributed by atoms with Gasteiger partial charge in [-0.1, -0.05) is 6.92 Å². The van der Waals surface area contributed by atoms with Crippen molar-refractivity contribution in [2.75, 3.05) is 50.8 Å². The maximum absolute atomic E-state index is 12.5. The fraction of sp³-hybridized carbons (Fsp3) is 0.684. The van der Waals surface area contributed by atoms with Crippen LogP contribution in [0.2, 0.25) is 0 Å². The van der Waals surface area contributed by atoms with E-state index in [0.29, 0.717) is 18.2 Å². The van der Waals surface area contributed by atoms with Crippen molar-refractivity contribution in [2.24, 2.45) is 0 Å². The molecule has 6 heteroatoms. The van der Waals surface area contributed by atoms with Crippen molar-refractivity contribution < 1.29 is 9.53 Å². The molecule has 1 atom stereocenters. The van der Waals surface area contributed by atoms with Gasteiger partial charge in [0.2, 0.25) is 0 Å². The van der Waals surface area contributed by atoms with E-state index in [0.717, 1.165) is 51.5 Å². The summed E-state index contributed by atoms with van der Waals surface area (Å²) < 4.78 is 5.34. The van der Waals surface area contributed by atoms with E-state index in [-0.39, 0.29) is 5.91 Å². The van der Waals surface area contributed by atoms with Gasteiger partial charge < -0.3 is 15.0 Å². The van der Waals surface area contributed by atoms with Crippen LogP contribution in [0.3, 0.4) is 0 Å². The zero-order chi connectivity index (χ0) is 17.5. The SMILES string of the molecule is CCC1CCCCN1c1cncc(C(=O)NCCN2CCOCC2)c1. The minimum absolute atomic E-state index is 0.0346. The molecule has 2 fully saturated rings. The number of nitrogens with zero attached hydrogens (tertiary/aromatic N) is 3. The third kappa shape index (κ3) is 4.92. The molecule has 1 unspecified atom stereocenters. The summed E-state index contributed by atoms with van der Waals surface area (Å²) in [5.74, 6) is -0.0346. The topological polar surface area (TPSA) is 57.7 Å². The summed E-state index contributed by atoms with van der Waals surface area (Å²) in [4.78, 5) is 21.5. The van der Waals surface area contributed by atoms with Crippen molar-refractivity contribution in [1.82, 2.24) is 15.2 Å². The summed E-state index contributed by atoms with van der Waals surface area (Å²) in [7, 11) is 0. The normalized spacial score (nSPS) is 22.0. The monoisotopic (exact) mass is 346 g/mol. The molecule has 1 N–H and O–H groups in total. The second-order valence-corrected chi connectivity index (χ2v) is 6.89. The Kier molecular flexibility index (Phi) is 6.64. The average molecular weight is 346 g/mol. The number of nitrogens with one attached hydrogen (secondary N) is 1. The molecule has 0 radical (unpaired) electrons. The second-order valence-electron chi connectivity index (χ2n) is 6.89. The summed E-state index contributed by atoms with van der Waals surface area (Å²) in [6.45, 7) is 8.28. The molecule has 138 valence electrons. The maximum Gasteiger partial charge on any atom is 0.252 e. The molecular weight excluding hydrogens is 316 g/mol. The fourth-order valence-corrected chi connectivity index (χ4v) is 3.73. The van der Waals surface area contributed by atoms with Crippen LogP contribution in [0.4, 0.5) is 5.69 Å². The van der Waals surface area contributed by atoms with Gasteiger partial charge in [-0.2, -0.15) is 0 Å². The first-order chi connectivity index (χ1) is 12.3. The Labute approximate surface area is 150 Å². The summed E-state index contributed by atoms with van der Waals surface area (Å²) >= 11 is 0. The predicted octanol–water partition coefficient (Wildman–Crippen LogP) is 1.91. The van der Waals surface area contributed by atoms with Crippen LogP contribution in [0.1, 0.15) is 43.0 Å². The molecule has 25 heavy (non-hydrogen) atoms. The van der Waals surface area contributed by atoms with Crippen LogP contribution < -0.4 is 10.2 Å². The van der Waals surface area contributed by atoms with Gasteiger partial charge in [-0.05, 0) is 31.7 Å². The number of aromatic nitrogens is 1. The molecule has 2 aliphatic heterocycles. The van der Waals surface area contributed by atoms with E-state index in [1.165, 1.54) is 19.3 Å². The third-order valence-corrected chi connectivity index (χ3v) is 5.23. The quantitative estimate of drug-likeness (QED) is 0.853. The van der Waals surface area contributed by atoms with E-state index in [1.54, 1.807) is 6.20 Å². The summed E-state index contributed by atoms with van der Waals surface area (Å²) in [6.07, 6.45) is 8.43. The number of carbonyl (C=O) groups excluding carboxylic acids is 1. The lowest BCUT2D eigenvalue weighted by Crippen LogP contribution is -2.41. The molecule has 0 aliphatic carbocycles. The Balaban J connectivity index is 1.55. The first-order valence-electron chi connectivity index (χ1n) is 9.58. The van der Waals surface area contributed by atoms with Crippen LogP contribution in [-0.2, 0) is 4.74 Å². The number of piperidine rings is 1.